The lowest BCUT2D eigenvalue weighted by atomic mass is 10.1. The average molecular weight is 514 g/mol. The molecule has 1 aromatic heterocycles. The van der Waals surface area contributed by atoms with Gasteiger partial charge < -0.3 is 10.2 Å². The zero-order valence-electron chi connectivity index (χ0n) is 18.6. The van der Waals surface area contributed by atoms with Crippen molar-refractivity contribution < 1.29 is 18.1 Å². The summed E-state index contributed by atoms with van der Waals surface area (Å²) in [5, 5.41) is 14.3. The van der Waals surface area contributed by atoms with Crippen molar-refractivity contribution in [3.8, 4) is 0 Å². The molecule has 0 unspecified atom stereocenters. The number of nitro groups is 1. The molecule has 7 nitrogen and oxygen atoms in total. The fraction of sp³-hybridized carbons (Fsp3) is 0.120. The highest BCUT2D eigenvalue weighted by Gasteiger charge is 2.34. The second-order valence-corrected chi connectivity index (χ2v) is 8.20. The third kappa shape index (κ3) is 5.89. The highest BCUT2D eigenvalue weighted by Crippen LogP contribution is 2.39. The molecule has 0 atom stereocenters. The van der Waals surface area contributed by atoms with E-state index in [1.165, 1.54) is 6.07 Å². The summed E-state index contributed by atoms with van der Waals surface area (Å²) < 4.78 is 39.9. The zero-order valence-corrected chi connectivity index (χ0v) is 19.4. The molecular formula is C25H19ClF3N5O2. The summed E-state index contributed by atoms with van der Waals surface area (Å²) >= 11 is 5.70. The molecule has 0 spiro atoms. The van der Waals surface area contributed by atoms with E-state index in [0.29, 0.717) is 13.1 Å². The molecule has 1 N–H and O–H groups in total. The van der Waals surface area contributed by atoms with E-state index in [1.54, 1.807) is 4.90 Å². The van der Waals surface area contributed by atoms with Crippen molar-refractivity contribution in [3.05, 3.63) is 117 Å². The first-order valence-corrected chi connectivity index (χ1v) is 11.1. The number of nitrogens with zero attached hydrogens (tertiary/aromatic N) is 4. The van der Waals surface area contributed by atoms with Gasteiger partial charge in [-0.2, -0.15) is 13.2 Å². The predicted octanol–water partition coefficient (Wildman–Crippen LogP) is 7.01. The summed E-state index contributed by atoms with van der Waals surface area (Å²) in [6.45, 7) is 0.596. The van der Waals surface area contributed by atoms with Gasteiger partial charge in [0, 0.05) is 18.8 Å². The Balaban J connectivity index is 1.76. The normalized spacial score (nSPS) is 11.2. The monoisotopic (exact) mass is 513 g/mol. The van der Waals surface area contributed by atoms with Crippen LogP contribution in [0.25, 0.3) is 0 Å². The maximum absolute atomic E-state index is 13.3. The van der Waals surface area contributed by atoms with Gasteiger partial charge >= 0.3 is 11.9 Å². The molecule has 0 fully saturated rings. The van der Waals surface area contributed by atoms with Gasteiger partial charge in [0.15, 0.2) is 0 Å². The summed E-state index contributed by atoms with van der Waals surface area (Å²) in [7, 11) is 0. The third-order valence-corrected chi connectivity index (χ3v) is 5.58. The quantitative estimate of drug-likeness (QED) is 0.201. The molecule has 36 heavy (non-hydrogen) atoms. The maximum atomic E-state index is 13.3. The van der Waals surface area contributed by atoms with Crippen LogP contribution in [0.15, 0.2) is 85.2 Å². The molecule has 0 saturated heterocycles. The first-order valence-electron chi connectivity index (χ1n) is 10.7. The molecule has 184 valence electrons. The lowest BCUT2D eigenvalue weighted by Crippen LogP contribution is -2.24. The SMILES string of the molecule is O=[N+]([O-])c1c(Nc2ccc(Cl)c(C(F)(F)F)c2)ncnc1N(Cc1ccccc1)Cc1ccccc1. The lowest BCUT2D eigenvalue weighted by Gasteiger charge is -2.24. The molecule has 0 aliphatic heterocycles. The van der Waals surface area contributed by atoms with Crippen LogP contribution in [0, 0.1) is 10.1 Å². The van der Waals surface area contributed by atoms with Crippen LogP contribution in [-0.2, 0) is 19.3 Å². The Morgan fingerprint density at radius 1 is 0.917 bits per heavy atom. The van der Waals surface area contributed by atoms with E-state index in [9.17, 15) is 23.3 Å². The largest absolute Gasteiger partial charge is 0.417 e. The van der Waals surface area contributed by atoms with Gasteiger partial charge in [-0.05, 0) is 29.3 Å². The minimum absolute atomic E-state index is 0.0233. The lowest BCUT2D eigenvalue weighted by molar-refractivity contribution is -0.383. The van der Waals surface area contributed by atoms with Crippen LogP contribution in [0.5, 0.6) is 0 Å². The van der Waals surface area contributed by atoms with Gasteiger partial charge in [0.1, 0.15) is 6.33 Å². The smallest absolute Gasteiger partial charge is 0.342 e. The van der Waals surface area contributed by atoms with Crippen LogP contribution >= 0.6 is 11.6 Å². The van der Waals surface area contributed by atoms with Crippen LogP contribution in [-0.4, -0.2) is 14.9 Å². The Bertz CT molecular complexity index is 1310. The molecular weight excluding hydrogens is 495 g/mol. The molecule has 0 saturated carbocycles. The van der Waals surface area contributed by atoms with Gasteiger partial charge in [-0.1, -0.05) is 72.3 Å². The van der Waals surface area contributed by atoms with Gasteiger partial charge in [0.2, 0.25) is 11.6 Å². The predicted molar refractivity (Wildman–Crippen MR) is 131 cm³/mol. The van der Waals surface area contributed by atoms with Crippen LogP contribution in [0.1, 0.15) is 16.7 Å². The van der Waals surface area contributed by atoms with Crippen LogP contribution in [0.2, 0.25) is 5.02 Å². The summed E-state index contributed by atoms with van der Waals surface area (Å²) in [5.74, 6) is -0.221. The van der Waals surface area contributed by atoms with Gasteiger partial charge in [0.05, 0.1) is 15.5 Å². The third-order valence-electron chi connectivity index (χ3n) is 5.25. The van der Waals surface area contributed by atoms with Crippen molar-refractivity contribution in [2.24, 2.45) is 0 Å². The van der Waals surface area contributed by atoms with Crippen molar-refractivity contribution in [2.75, 3.05) is 10.2 Å². The van der Waals surface area contributed by atoms with Crippen LogP contribution in [0.3, 0.4) is 0 Å². The number of rotatable bonds is 8. The van der Waals surface area contributed by atoms with Crippen molar-refractivity contribution >= 4 is 34.6 Å². The number of benzene rings is 3. The summed E-state index contributed by atoms with van der Waals surface area (Å²) in [4.78, 5) is 21.4. The molecule has 0 amide bonds. The first kappa shape index (κ1) is 24.9. The van der Waals surface area contributed by atoms with Gasteiger partial charge in [-0.3, -0.25) is 10.1 Å². The van der Waals surface area contributed by atoms with Gasteiger partial charge in [0.25, 0.3) is 0 Å². The summed E-state index contributed by atoms with van der Waals surface area (Å²) in [6.07, 6.45) is -3.56. The fourth-order valence-electron chi connectivity index (χ4n) is 3.63. The van der Waals surface area contributed by atoms with E-state index in [4.69, 9.17) is 11.6 Å². The van der Waals surface area contributed by atoms with E-state index in [2.05, 4.69) is 15.3 Å². The second-order valence-electron chi connectivity index (χ2n) is 7.80. The molecule has 3 aromatic carbocycles. The van der Waals surface area contributed by atoms with Crippen molar-refractivity contribution in [1.29, 1.82) is 0 Å². The number of hydrogen-bond donors (Lipinski definition) is 1. The number of aromatic nitrogens is 2. The fourth-order valence-corrected chi connectivity index (χ4v) is 3.86. The van der Waals surface area contributed by atoms with Gasteiger partial charge in [-0.25, -0.2) is 9.97 Å². The average Bonchev–Trinajstić information content (AvgIpc) is 2.85. The van der Waals surface area contributed by atoms with Crippen LogP contribution in [0.4, 0.5) is 36.2 Å². The Morgan fingerprint density at radius 2 is 1.50 bits per heavy atom. The number of halogens is 4. The number of nitrogens with one attached hydrogen (secondary N) is 1. The van der Waals surface area contributed by atoms with Crippen LogP contribution < -0.4 is 10.2 Å². The van der Waals surface area contributed by atoms with E-state index < -0.39 is 27.4 Å². The Morgan fingerprint density at radius 3 is 2.03 bits per heavy atom. The van der Waals surface area contributed by atoms with E-state index in [0.717, 1.165) is 29.6 Å². The molecule has 4 aromatic rings. The van der Waals surface area contributed by atoms with Crippen molar-refractivity contribution in [1.82, 2.24) is 9.97 Å². The summed E-state index contributed by atoms with van der Waals surface area (Å²) in [5.41, 5.74) is 0.192. The highest BCUT2D eigenvalue weighted by atomic mass is 35.5. The van der Waals surface area contributed by atoms with E-state index in [-0.39, 0.29) is 17.3 Å². The minimum Gasteiger partial charge on any atom is -0.342 e. The Hall–Kier alpha value is -4.18. The number of alkyl halides is 3. The zero-order chi connectivity index (χ0) is 25.7. The van der Waals surface area contributed by atoms with Gasteiger partial charge in [-0.15, -0.1) is 0 Å². The molecule has 11 heteroatoms. The highest BCUT2D eigenvalue weighted by molar-refractivity contribution is 6.31. The Kier molecular flexibility index (Phi) is 7.35. The standard InChI is InChI=1S/C25H19ClF3N5O2/c26-21-12-11-19(13-20(21)25(27,28)29)32-23-22(34(35)36)24(31-16-30-23)33(14-17-7-3-1-4-8-17)15-18-9-5-2-6-10-18/h1-13,16H,14-15H2,(H,30,31,32). The van der Waals surface area contributed by atoms with Crippen molar-refractivity contribution in [2.45, 2.75) is 19.3 Å². The van der Waals surface area contributed by atoms with E-state index in [1.807, 2.05) is 60.7 Å². The molecule has 1 heterocycles. The maximum Gasteiger partial charge on any atom is 0.417 e. The molecule has 0 aliphatic rings. The molecule has 0 bridgehead atoms. The topological polar surface area (TPSA) is 84.2 Å². The second kappa shape index (κ2) is 10.6. The Labute approximate surface area is 209 Å². The summed E-state index contributed by atoms with van der Waals surface area (Å²) in [6, 6.07) is 21.8. The molecule has 4 rings (SSSR count). The van der Waals surface area contributed by atoms with Crippen molar-refractivity contribution in [3.63, 3.8) is 0 Å². The first-order chi connectivity index (χ1) is 17.2. The molecule has 0 aliphatic carbocycles. The number of hydrogen-bond acceptors (Lipinski definition) is 6. The molecule has 0 radical (unpaired) electrons. The minimum atomic E-state index is -4.69. The number of anilines is 3. The van der Waals surface area contributed by atoms with E-state index >= 15 is 0 Å².